The summed E-state index contributed by atoms with van der Waals surface area (Å²) in [4.78, 5) is 38.5. The van der Waals surface area contributed by atoms with Gasteiger partial charge in [0.2, 0.25) is 17.7 Å². The van der Waals surface area contributed by atoms with Crippen molar-refractivity contribution in [1.29, 1.82) is 0 Å². The molecule has 2 aromatic carbocycles. The average molecular weight is 485 g/mol. The van der Waals surface area contributed by atoms with Crippen LogP contribution in [-0.4, -0.2) is 32.7 Å². The van der Waals surface area contributed by atoms with Crippen LogP contribution in [0.4, 0.5) is 22.7 Å². The van der Waals surface area contributed by atoms with E-state index < -0.39 is 15.9 Å². The van der Waals surface area contributed by atoms with E-state index in [1.807, 2.05) is 0 Å². The Hall–Kier alpha value is -3.70. The lowest BCUT2D eigenvalue weighted by atomic mass is 10.1. The van der Waals surface area contributed by atoms with Gasteiger partial charge in [-0.3, -0.25) is 19.1 Å². The first-order chi connectivity index (χ1) is 15.8. The molecule has 0 saturated heterocycles. The van der Waals surface area contributed by atoms with Gasteiger partial charge in [-0.1, -0.05) is 30.3 Å². The summed E-state index contributed by atoms with van der Waals surface area (Å²) >= 11 is 1.08. The molecule has 3 N–H and O–H groups in total. The van der Waals surface area contributed by atoms with Crippen molar-refractivity contribution in [3.63, 3.8) is 0 Å². The fraction of sp³-hybridized carbons (Fsp3) is 0.136. The lowest BCUT2D eigenvalue weighted by molar-refractivity contribution is -0.124. The Morgan fingerprint density at radius 3 is 2.45 bits per heavy atom. The molecule has 0 unspecified atom stereocenters. The van der Waals surface area contributed by atoms with E-state index in [1.165, 1.54) is 17.0 Å². The van der Waals surface area contributed by atoms with Gasteiger partial charge in [0.15, 0.2) is 0 Å². The molecular formula is C22H20N4O5S2. The maximum Gasteiger partial charge on any atom is 0.271 e. The Morgan fingerprint density at radius 1 is 0.970 bits per heavy atom. The molecular weight excluding hydrogens is 464 g/mol. The first-order valence-corrected chi connectivity index (χ1v) is 12.3. The topological polar surface area (TPSA) is 125 Å². The number of carbonyl (C=O) groups is 3. The molecule has 33 heavy (non-hydrogen) atoms. The molecule has 0 saturated carbocycles. The van der Waals surface area contributed by atoms with E-state index in [9.17, 15) is 22.8 Å². The van der Waals surface area contributed by atoms with E-state index in [1.54, 1.807) is 53.9 Å². The third-order valence-corrected chi connectivity index (χ3v) is 7.61. The van der Waals surface area contributed by atoms with Crippen molar-refractivity contribution < 1.29 is 22.8 Å². The molecule has 0 radical (unpaired) electrons. The van der Waals surface area contributed by atoms with Crippen molar-refractivity contribution >= 4 is 61.8 Å². The van der Waals surface area contributed by atoms with Gasteiger partial charge < -0.3 is 15.5 Å². The molecule has 1 aromatic heterocycles. The molecule has 2 heterocycles. The van der Waals surface area contributed by atoms with Gasteiger partial charge in [-0.05, 0) is 35.7 Å². The van der Waals surface area contributed by atoms with Gasteiger partial charge in [-0.15, -0.1) is 11.3 Å². The number of carbonyl (C=O) groups excluding carboxylic acids is 3. The van der Waals surface area contributed by atoms with Gasteiger partial charge in [0.1, 0.15) is 10.8 Å². The molecule has 3 aromatic rings. The number of benzene rings is 2. The van der Waals surface area contributed by atoms with Crippen LogP contribution in [0.2, 0.25) is 0 Å². The zero-order chi connectivity index (χ0) is 23.4. The molecule has 0 spiro atoms. The Morgan fingerprint density at radius 2 is 1.70 bits per heavy atom. The van der Waals surface area contributed by atoms with Crippen LogP contribution in [0, 0.1) is 0 Å². The van der Waals surface area contributed by atoms with Crippen LogP contribution in [0.5, 0.6) is 0 Å². The van der Waals surface area contributed by atoms with Crippen LogP contribution < -0.4 is 20.3 Å². The molecule has 1 aliphatic heterocycles. The summed E-state index contributed by atoms with van der Waals surface area (Å²) < 4.78 is 27.7. The number of rotatable bonds is 7. The van der Waals surface area contributed by atoms with Crippen molar-refractivity contribution in [2.45, 2.75) is 17.1 Å². The molecule has 0 aliphatic carbocycles. The summed E-state index contributed by atoms with van der Waals surface area (Å²) in [6.07, 6.45) is -0.248. The quantitative estimate of drug-likeness (QED) is 0.475. The Labute approximate surface area is 194 Å². The van der Waals surface area contributed by atoms with Gasteiger partial charge >= 0.3 is 0 Å². The van der Waals surface area contributed by atoms with Gasteiger partial charge in [-0.25, -0.2) is 8.42 Å². The Balaban J connectivity index is 1.40. The molecule has 170 valence electrons. The summed E-state index contributed by atoms with van der Waals surface area (Å²) in [5.41, 5.74) is 1.61. The molecule has 0 fully saturated rings. The summed E-state index contributed by atoms with van der Waals surface area (Å²) in [5.74, 6) is -1.13. The third kappa shape index (κ3) is 5.21. The van der Waals surface area contributed by atoms with E-state index in [0.29, 0.717) is 11.4 Å². The monoisotopic (exact) mass is 484 g/mol. The smallest absolute Gasteiger partial charge is 0.271 e. The van der Waals surface area contributed by atoms with Crippen molar-refractivity contribution in [3.05, 3.63) is 66.0 Å². The minimum Gasteiger partial charge on any atom is -0.324 e. The molecule has 0 bridgehead atoms. The van der Waals surface area contributed by atoms with E-state index in [2.05, 4.69) is 15.4 Å². The van der Waals surface area contributed by atoms with Crippen LogP contribution in [0.15, 0.2) is 70.3 Å². The lowest BCUT2D eigenvalue weighted by Crippen LogP contribution is -2.42. The molecule has 3 amide bonds. The first kappa shape index (κ1) is 22.5. The number of amides is 3. The second-order valence-electron chi connectivity index (χ2n) is 7.18. The van der Waals surface area contributed by atoms with Crippen LogP contribution >= 0.6 is 11.3 Å². The van der Waals surface area contributed by atoms with Crippen LogP contribution in [-0.2, 0) is 24.4 Å². The van der Waals surface area contributed by atoms with Crippen molar-refractivity contribution in [2.75, 3.05) is 26.8 Å². The van der Waals surface area contributed by atoms with E-state index in [-0.39, 0.29) is 46.8 Å². The normalized spacial score (nSPS) is 13.1. The van der Waals surface area contributed by atoms with Crippen molar-refractivity contribution in [3.8, 4) is 0 Å². The second kappa shape index (κ2) is 9.43. The third-order valence-electron chi connectivity index (χ3n) is 4.84. The molecule has 9 nitrogen and oxygen atoms in total. The fourth-order valence-electron chi connectivity index (χ4n) is 3.32. The number of hydrogen-bond acceptors (Lipinski definition) is 6. The average Bonchev–Trinajstić information content (AvgIpc) is 3.34. The number of hydrogen-bond donors (Lipinski definition) is 3. The van der Waals surface area contributed by atoms with Gasteiger partial charge in [0, 0.05) is 12.8 Å². The highest BCUT2D eigenvalue weighted by molar-refractivity contribution is 7.94. The highest BCUT2D eigenvalue weighted by atomic mass is 32.2. The number of anilines is 4. The summed E-state index contributed by atoms with van der Waals surface area (Å²) in [5, 5.41) is 7.02. The minimum absolute atomic E-state index is 0.115. The fourth-order valence-corrected chi connectivity index (χ4v) is 5.39. The van der Waals surface area contributed by atoms with Crippen molar-refractivity contribution in [1.82, 2.24) is 0 Å². The summed E-state index contributed by atoms with van der Waals surface area (Å²) in [7, 11) is -3.78. The van der Waals surface area contributed by atoms with Gasteiger partial charge in [0.05, 0.1) is 22.7 Å². The molecule has 11 heteroatoms. The number of sulfonamides is 1. The number of nitrogens with zero attached hydrogens (tertiary/aromatic N) is 1. The first-order valence-electron chi connectivity index (χ1n) is 9.98. The minimum atomic E-state index is -3.78. The highest BCUT2D eigenvalue weighted by Gasteiger charge is 2.26. The van der Waals surface area contributed by atoms with Gasteiger partial charge in [-0.2, -0.15) is 0 Å². The summed E-state index contributed by atoms with van der Waals surface area (Å²) in [6.45, 7) is -0.120. The Kier molecular flexibility index (Phi) is 6.43. The number of para-hydroxylation sites is 4. The highest BCUT2D eigenvalue weighted by Crippen LogP contribution is 2.30. The van der Waals surface area contributed by atoms with E-state index >= 15 is 0 Å². The van der Waals surface area contributed by atoms with Crippen LogP contribution in [0.25, 0.3) is 0 Å². The largest absolute Gasteiger partial charge is 0.324 e. The number of fused-ring (bicyclic) bond motifs is 1. The molecule has 0 atom stereocenters. The predicted octanol–water partition coefficient (Wildman–Crippen LogP) is 3.25. The predicted molar refractivity (Wildman–Crippen MR) is 127 cm³/mol. The molecule has 1 aliphatic rings. The number of nitrogens with one attached hydrogen (secondary N) is 3. The lowest BCUT2D eigenvalue weighted by Gasteiger charge is -2.29. The maximum absolute atomic E-state index is 12.7. The van der Waals surface area contributed by atoms with Crippen molar-refractivity contribution in [2.24, 2.45) is 0 Å². The van der Waals surface area contributed by atoms with Gasteiger partial charge in [0.25, 0.3) is 10.0 Å². The maximum atomic E-state index is 12.7. The van der Waals surface area contributed by atoms with E-state index in [4.69, 9.17) is 0 Å². The zero-order valence-electron chi connectivity index (χ0n) is 17.3. The van der Waals surface area contributed by atoms with E-state index in [0.717, 1.165) is 11.3 Å². The standard InChI is InChI=1S/C22H20N4O5S2/c27-19(11-12-21(29)26-14-20(28)24-17-8-3-4-9-18(17)26)23-15-6-1-2-7-16(15)25-33(30,31)22-10-5-13-32-22/h1-10,13,25H,11-12,14H2,(H,23,27)(H,24,28). The SMILES string of the molecule is O=C(CCC(=O)N1CC(=O)Nc2ccccc21)Nc1ccccc1NS(=O)(=O)c1cccs1. The summed E-state index contributed by atoms with van der Waals surface area (Å²) in [6, 6.07) is 16.5. The second-order valence-corrected chi connectivity index (χ2v) is 10.0. The number of thiophene rings is 1. The zero-order valence-corrected chi connectivity index (χ0v) is 18.9. The van der Waals surface area contributed by atoms with Crippen LogP contribution in [0.1, 0.15) is 12.8 Å². The Bertz CT molecular complexity index is 1310. The molecule has 4 rings (SSSR count). The van der Waals surface area contributed by atoms with Crippen LogP contribution in [0.3, 0.4) is 0 Å².